The van der Waals surface area contributed by atoms with Gasteiger partial charge in [-0.1, -0.05) is 72.8 Å². The molecule has 0 saturated carbocycles. The molecule has 267 valence electrons. The SMILES string of the molecule is [2H]C([2H])([2H])c1c[c-]c(-c2cc[c]([Ge]([CH3])([CH3])[CH3])cn2)cc1-c1ccccc1.[2H]C([2H])([2H])c1ccc(-c2ccc3c(c2)sc2c[c-]c(-c4cc(C([2H])(C)C)ccn4)cc23)cc1.[Ir]. The standard InChI is InChI=1S/C27H22NS.C21H22GeN.Ir/c1-17(2)20-12-13-28-25(15-20)22-9-11-26-24(14-22)23-10-8-21(16-27(23)29-26)19-6-4-18(3)5-7-19;1-16-10-11-18(14-20(16)17-8-6-5-7-9-17)21-13-12-19(15-23-21)22(2,3)4;/h4-8,10-17H,1-3H3;5-10,12-15H,1-4H3;/q2*-1;/i3D3,17D;1D3;. The van der Waals surface area contributed by atoms with Gasteiger partial charge in [0.2, 0.25) is 0 Å². The summed E-state index contributed by atoms with van der Waals surface area (Å²) < 4.78 is 58.2. The minimum atomic E-state index is -2.18. The van der Waals surface area contributed by atoms with Gasteiger partial charge in [-0.15, -0.1) is 23.8 Å². The summed E-state index contributed by atoms with van der Waals surface area (Å²) in [5, 5.41) is 2.33. The zero-order chi connectivity index (χ0) is 42.3. The van der Waals surface area contributed by atoms with Crippen molar-refractivity contribution >= 4 is 49.2 Å². The van der Waals surface area contributed by atoms with E-state index in [0.717, 1.165) is 54.9 Å². The quantitative estimate of drug-likeness (QED) is 0.123. The Labute approximate surface area is 345 Å². The van der Waals surface area contributed by atoms with Crippen LogP contribution in [0.15, 0.2) is 134 Å². The summed E-state index contributed by atoms with van der Waals surface area (Å²) in [6, 6.07) is 45.2. The average Bonchev–Trinajstić information content (AvgIpc) is 3.57. The smallest absolute Gasteiger partial charge is 0.0346 e. The van der Waals surface area contributed by atoms with Crippen molar-refractivity contribution in [2.45, 2.75) is 50.7 Å². The molecule has 3 aromatic heterocycles. The van der Waals surface area contributed by atoms with Gasteiger partial charge < -0.3 is 4.98 Å². The number of aromatic nitrogens is 2. The maximum absolute atomic E-state index is 8.32. The third-order valence-electron chi connectivity index (χ3n) is 9.18. The van der Waals surface area contributed by atoms with Gasteiger partial charge >= 0.3 is 146 Å². The first-order chi connectivity index (χ1) is 27.8. The number of rotatable bonds is 6. The summed E-state index contributed by atoms with van der Waals surface area (Å²) in [7, 11) is 0. The summed E-state index contributed by atoms with van der Waals surface area (Å²) in [4.78, 5) is 9.14. The van der Waals surface area contributed by atoms with Crippen LogP contribution in [0.25, 0.3) is 64.9 Å². The van der Waals surface area contributed by atoms with E-state index in [4.69, 9.17) is 9.60 Å². The first kappa shape index (κ1) is 30.2. The van der Waals surface area contributed by atoms with Crippen molar-refractivity contribution in [3.05, 3.63) is 163 Å². The number of hydrogen-bond acceptors (Lipinski definition) is 3. The molecule has 5 heteroatoms. The van der Waals surface area contributed by atoms with E-state index >= 15 is 0 Å². The molecule has 0 amide bonds. The number of hydrogen-bond donors (Lipinski definition) is 0. The molecule has 2 nitrogen and oxygen atoms in total. The number of aryl methyl sites for hydroxylation is 2. The molecule has 5 aromatic carbocycles. The summed E-state index contributed by atoms with van der Waals surface area (Å²) in [6.07, 6.45) is 3.72. The van der Waals surface area contributed by atoms with Crippen LogP contribution >= 0.6 is 11.3 Å². The van der Waals surface area contributed by atoms with E-state index in [9.17, 15) is 0 Å². The zero-order valence-corrected chi connectivity index (χ0v) is 35.6. The molecule has 0 aliphatic carbocycles. The molecule has 0 bridgehead atoms. The number of pyridine rings is 2. The second-order valence-corrected chi connectivity index (χ2v) is 25.9. The molecular formula is C48H44GeIrN2S-2. The molecule has 0 N–H and O–H groups in total. The van der Waals surface area contributed by atoms with Gasteiger partial charge in [-0.3, -0.25) is 0 Å². The van der Waals surface area contributed by atoms with Gasteiger partial charge in [-0.25, -0.2) is 0 Å². The average molecular weight is 953 g/mol. The minimum Gasteiger partial charge on any atom is -0.305 e. The van der Waals surface area contributed by atoms with Crippen molar-refractivity contribution in [2.24, 2.45) is 0 Å². The van der Waals surface area contributed by atoms with Gasteiger partial charge in [0, 0.05) is 36.5 Å². The normalized spacial score (nSPS) is 13.9. The second-order valence-electron chi connectivity index (χ2n) is 14.2. The Balaban J connectivity index is 0.000000204. The van der Waals surface area contributed by atoms with Crippen molar-refractivity contribution in [1.82, 2.24) is 9.97 Å². The van der Waals surface area contributed by atoms with Crippen LogP contribution in [-0.2, 0) is 20.1 Å². The molecule has 0 saturated heterocycles. The van der Waals surface area contributed by atoms with Gasteiger partial charge in [0.15, 0.2) is 0 Å². The Morgan fingerprint density at radius 2 is 1.43 bits per heavy atom. The van der Waals surface area contributed by atoms with E-state index in [2.05, 4.69) is 69.7 Å². The number of benzene rings is 5. The Morgan fingerprint density at radius 3 is 2.13 bits per heavy atom. The van der Waals surface area contributed by atoms with Gasteiger partial charge in [-0.2, -0.15) is 11.3 Å². The van der Waals surface area contributed by atoms with Crippen molar-refractivity contribution in [2.75, 3.05) is 0 Å². The van der Waals surface area contributed by atoms with E-state index in [1.165, 1.54) is 14.5 Å². The molecule has 0 atom stereocenters. The van der Waals surface area contributed by atoms with Crippen LogP contribution in [-0.4, -0.2) is 23.2 Å². The van der Waals surface area contributed by atoms with Gasteiger partial charge in [0.25, 0.3) is 0 Å². The molecular weight excluding hydrogens is 901 g/mol. The molecule has 0 unspecified atom stereocenters. The van der Waals surface area contributed by atoms with Crippen LogP contribution in [0, 0.1) is 25.8 Å². The van der Waals surface area contributed by atoms with E-state index in [1.807, 2.05) is 92.8 Å². The van der Waals surface area contributed by atoms with Crippen LogP contribution in [0.4, 0.5) is 0 Å². The summed E-state index contributed by atoms with van der Waals surface area (Å²) in [5.74, 6) is 6.32. The van der Waals surface area contributed by atoms with E-state index in [0.29, 0.717) is 16.7 Å². The van der Waals surface area contributed by atoms with E-state index in [1.54, 1.807) is 35.7 Å². The van der Waals surface area contributed by atoms with E-state index in [-0.39, 0.29) is 20.1 Å². The van der Waals surface area contributed by atoms with Crippen LogP contribution in [0.2, 0.25) is 17.3 Å². The third-order valence-corrected chi connectivity index (χ3v) is 14.5. The Bertz CT molecular complexity index is 2750. The molecule has 8 aromatic rings. The minimum absolute atomic E-state index is 0. The predicted molar refractivity (Wildman–Crippen MR) is 227 cm³/mol. The number of fused-ring (bicyclic) bond motifs is 3. The molecule has 8 rings (SSSR count). The van der Waals surface area contributed by atoms with Crippen LogP contribution in [0.1, 0.15) is 46.0 Å². The van der Waals surface area contributed by atoms with Crippen molar-refractivity contribution in [1.29, 1.82) is 0 Å². The van der Waals surface area contributed by atoms with E-state index < -0.39 is 32.9 Å². The number of thiophene rings is 1. The van der Waals surface area contributed by atoms with Crippen LogP contribution < -0.4 is 4.40 Å². The molecule has 0 spiro atoms. The Hall–Kier alpha value is -4.19. The molecule has 0 fully saturated rings. The topological polar surface area (TPSA) is 25.8 Å². The zero-order valence-electron chi connectivity index (χ0n) is 37.3. The second kappa shape index (κ2) is 16.4. The molecule has 53 heavy (non-hydrogen) atoms. The summed E-state index contributed by atoms with van der Waals surface area (Å²) in [6.45, 7) is -0.524. The fraction of sp³-hybridized carbons (Fsp3) is 0.167. The first-order valence-corrected chi connectivity index (χ1v) is 25.5. The Morgan fingerprint density at radius 1 is 0.679 bits per heavy atom. The van der Waals surface area contributed by atoms with Crippen molar-refractivity contribution in [3.8, 4) is 44.8 Å². The van der Waals surface area contributed by atoms with Crippen molar-refractivity contribution in [3.63, 3.8) is 0 Å². The Kier molecular flexibility index (Phi) is 9.36. The van der Waals surface area contributed by atoms with Crippen LogP contribution in [0.3, 0.4) is 0 Å². The molecule has 1 radical (unpaired) electrons. The fourth-order valence-corrected chi connectivity index (χ4v) is 9.37. The monoisotopic (exact) mass is 954 g/mol. The maximum Gasteiger partial charge on any atom is 0.0346 e. The molecule has 0 aliphatic heterocycles. The fourth-order valence-electron chi connectivity index (χ4n) is 6.09. The van der Waals surface area contributed by atoms with Crippen LogP contribution in [0.5, 0.6) is 0 Å². The van der Waals surface area contributed by atoms with Crippen molar-refractivity contribution < 1.29 is 29.7 Å². The summed E-state index contributed by atoms with van der Waals surface area (Å²) in [5.41, 5.74) is 8.59. The predicted octanol–water partition coefficient (Wildman–Crippen LogP) is 13.1. The summed E-state index contributed by atoms with van der Waals surface area (Å²) >= 11 is -0.188. The number of nitrogens with zero attached hydrogens (tertiary/aromatic N) is 2. The van der Waals surface area contributed by atoms with Gasteiger partial charge in [0.1, 0.15) is 0 Å². The van der Waals surface area contributed by atoms with Gasteiger partial charge in [-0.05, 0) is 51.8 Å². The third kappa shape index (κ3) is 8.80. The molecule has 0 aliphatic rings. The van der Waals surface area contributed by atoms with Gasteiger partial charge in [0.05, 0.1) is 0 Å². The maximum atomic E-state index is 8.32. The first-order valence-electron chi connectivity index (χ1n) is 20.8. The molecule has 3 heterocycles. The largest absolute Gasteiger partial charge is 0.305 e.